The van der Waals surface area contributed by atoms with Crippen molar-refractivity contribution in [2.75, 3.05) is 20.1 Å². The van der Waals surface area contributed by atoms with Gasteiger partial charge in [-0.1, -0.05) is 18.2 Å². The Balaban J connectivity index is 0.000000174. The van der Waals surface area contributed by atoms with Crippen molar-refractivity contribution in [2.24, 2.45) is 5.92 Å². The molecule has 0 saturated carbocycles. The van der Waals surface area contributed by atoms with E-state index in [1.54, 1.807) is 30.5 Å². The van der Waals surface area contributed by atoms with Gasteiger partial charge < -0.3 is 10.0 Å². The number of pyridine rings is 1. The van der Waals surface area contributed by atoms with Crippen molar-refractivity contribution in [3.05, 3.63) is 46.6 Å². The smallest absolute Gasteiger partial charge is 0.306 e. The van der Waals surface area contributed by atoms with E-state index in [0.717, 1.165) is 31.3 Å². The molecule has 2 aromatic rings. The summed E-state index contributed by atoms with van der Waals surface area (Å²) >= 11 is 0. The molecule has 0 aliphatic carbocycles. The third-order valence-corrected chi connectivity index (χ3v) is 3.88. The molecule has 1 aromatic carbocycles. The van der Waals surface area contributed by atoms with Crippen molar-refractivity contribution in [2.45, 2.75) is 12.8 Å². The second-order valence-electron chi connectivity index (χ2n) is 5.53. The van der Waals surface area contributed by atoms with Crippen molar-refractivity contribution in [1.29, 1.82) is 0 Å². The van der Waals surface area contributed by atoms with E-state index in [0.29, 0.717) is 5.52 Å². The summed E-state index contributed by atoms with van der Waals surface area (Å²) in [5, 5.41) is 20.0. The Morgan fingerprint density at radius 1 is 1.30 bits per heavy atom. The van der Waals surface area contributed by atoms with Gasteiger partial charge in [-0.2, -0.15) is 0 Å². The number of carbonyl (C=O) groups is 1. The zero-order valence-corrected chi connectivity index (χ0v) is 12.9. The number of hydrogen-bond acceptors (Lipinski definition) is 5. The molecule has 122 valence electrons. The lowest BCUT2D eigenvalue weighted by Gasteiger charge is -2.25. The molecule has 0 amide bonds. The van der Waals surface area contributed by atoms with E-state index in [1.165, 1.54) is 6.07 Å². The number of likely N-dealkylation sites (tertiary alicyclic amines) is 1. The maximum absolute atomic E-state index is 10.6. The van der Waals surface area contributed by atoms with Crippen LogP contribution in [-0.4, -0.2) is 46.0 Å². The number of hydrogen-bond donors (Lipinski definition) is 1. The van der Waals surface area contributed by atoms with E-state index in [4.69, 9.17) is 5.11 Å². The molecular weight excluding hydrogens is 298 g/mol. The highest BCUT2D eigenvalue weighted by molar-refractivity contribution is 5.86. The van der Waals surface area contributed by atoms with Crippen LogP contribution in [0.4, 0.5) is 5.69 Å². The zero-order chi connectivity index (χ0) is 16.8. The van der Waals surface area contributed by atoms with Crippen LogP contribution in [0.15, 0.2) is 36.5 Å². The Bertz CT molecular complexity index is 691. The number of non-ortho nitro benzene ring substituents is 1. The summed E-state index contributed by atoms with van der Waals surface area (Å²) in [7, 11) is 2.03. The molecule has 23 heavy (non-hydrogen) atoms. The van der Waals surface area contributed by atoms with Crippen molar-refractivity contribution >= 4 is 22.6 Å². The third kappa shape index (κ3) is 4.46. The van der Waals surface area contributed by atoms with Gasteiger partial charge in [0.05, 0.1) is 10.8 Å². The number of para-hydroxylation sites is 1. The first-order valence-corrected chi connectivity index (χ1v) is 7.38. The summed E-state index contributed by atoms with van der Waals surface area (Å²) in [6, 6.07) is 8.47. The van der Waals surface area contributed by atoms with Crippen LogP contribution in [-0.2, 0) is 4.79 Å². The number of nitro groups is 1. The lowest BCUT2D eigenvalue weighted by Crippen LogP contribution is -2.33. The number of nitrogens with zero attached hydrogens (tertiary/aromatic N) is 3. The summed E-state index contributed by atoms with van der Waals surface area (Å²) in [5.41, 5.74) is 0.494. The Labute approximate surface area is 133 Å². The predicted molar refractivity (Wildman–Crippen MR) is 86.3 cm³/mol. The standard InChI is InChI=1S/C9H6N2O2.C7H13NO2/c12-11(13)8-5-1-3-7-4-2-6-10-9(7)8;1-8-4-2-6(3-5-8)7(9)10/h1-6H;6H,2-5H2,1H3,(H,9,10). The van der Waals surface area contributed by atoms with Crippen molar-refractivity contribution in [1.82, 2.24) is 9.88 Å². The van der Waals surface area contributed by atoms with Crippen LogP contribution in [0.5, 0.6) is 0 Å². The minimum absolute atomic E-state index is 0.0538. The molecule has 0 radical (unpaired) electrons. The average Bonchev–Trinajstić information content (AvgIpc) is 2.55. The number of rotatable bonds is 2. The van der Waals surface area contributed by atoms with Gasteiger partial charge in [0.1, 0.15) is 5.52 Å². The summed E-state index contributed by atoms with van der Waals surface area (Å²) in [4.78, 5) is 26.7. The van der Waals surface area contributed by atoms with Crippen LogP contribution in [0.2, 0.25) is 0 Å². The Morgan fingerprint density at radius 2 is 1.96 bits per heavy atom. The Morgan fingerprint density at radius 3 is 2.57 bits per heavy atom. The number of nitro benzene ring substituents is 1. The lowest BCUT2D eigenvalue weighted by molar-refractivity contribution is -0.383. The Kier molecular flexibility index (Phi) is 5.59. The van der Waals surface area contributed by atoms with Gasteiger partial charge in [0, 0.05) is 17.6 Å². The molecule has 3 rings (SSSR count). The molecule has 1 aliphatic rings. The molecule has 1 fully saturated rings. The van der Waals surface area contributed by atoms with E-state index >= 15 is 0 Å². The molecule has 1 N–H and O–H groups in total. The normalized spacial score (nSPS) is 15.7. The fourth-order valence-electron chi connectivity index (χ4n) is 2.49. The molecule has 0 bridgehead atoms. The largest absolute Gasteiger partial charge is 0.481 e. The monoisotopic (exact) mass is 317 g/mol. The molecular formula is C16H19N3O4. The van der Waals surface area contributed by atoms with E-state index in [-0.39, 0.29) is 11.6 Å². The van der Waals surface area contributed by atoms with E-state index in [9.17, 15) is 14.9 Å². The topological polar surface area (TPSA) is 96.6 Å². The highest BCUT2D eigenvalue weighted by Gasteiger charge is 2.22. The number of piperidine rings is 1. The van der Waals surface area contributed by atoms with Gasteiger partial charge >= 0.3 is 5.97 Å². The third-order valence-electron chi connectivity index (χ3n) is 3.88. The van der Waals surface area contributed by atoms with Gasteiger partial charge in [-0.3, -0.25) is 14.9 Å². The van der Waals surface area contributed by atoms with Crippen molar-refractivity contribution in [3.63, 3.8) is 0 Å². The van der Waals surface area contributed by atoms with E-state index in [1.807, 2.05) is 7.05 Å². The van der Waals surface area contributed by atoms with Crippen LogP contribution in [0.3, 0.4) is 0 Å². The molecule has 2 heterocycles. The van der Waals surface area contributed by atoms with Gasteiger partial charge in [-0.15, -0.1) is 0 Å². The highest BCUT2D eigenvalue weighted by Crippen LogP contribution is 2.22. The van der Waals surface area contributed by atoms with Gasteiger partial charge in [0.15, 0.2) is 0 Å². The van der Waals surface area contributed by atoms with Gasteiger partial charge in [-0.25, -0.2) is 4.98 Å². The lowest BCUT2D eigenvalue weighted by atomic mass is 9.98. The van der Waals surface area contributed by atoms with Crippen LogP contribution < -0.4 is 0 Å². The number of benzene rings is 1. The van der Waals surface area contributed by atoms with Gasteiger partial charge in [0.25, 0.3) is 5.69 Å². The molecule has 0 atom stereocenters. The number of aliphatic carboxylic acids is 1. The molecule has 7 heteroatoms. The second kappa shape index (κ2) is 7.64. The summed E-state index contributed by atoms with van der Waals surface area (Å²) in [6.07, 6.45) is 3.17. The highest BCUT2D eigenvalue weighted by atomic mass is 16.6. The van der Waals surface area contributed by atoms with Crippen LogP contribution >= 0.6 is 0 Å². The minimum atomic E-state index is -0.631. The molecule has 1 aromatic heterocycles. The molecule has 0 unspecified atom stereocenters. The summed E-state index contributed by atoms with van der Waals surface area (Å²) in [6.45, 7) is 1.86. The molecule has 1 saturated heterocycles. The first-order chi connectivity index (χ1) is 11.0. The van der Waals surface area contributed by atoms with Crippen molar-refractivity contribution < 1.29 is 14.8 Å². The minimum Gasteiger partial charge on any atom is -0.481 e. The first-order valence-electron chi connectivity index (χ1n) is 7.38. The van der Waals surface area contributed by atoms with Crippen LogP contribution in [0.1, 0.15) is 12.8 Å². The maximum Gasteiger partial charge on any atom is 0.306 e. The fourth-order valence-corrected chi connectivity index (χ4v) is 2.49. The van der Waals surface area contributed by atoms with E-state index < -0.39 is 10.9 Å². The zero-order valence-electron chi connectivity index (χ0n) is 12.9. The quantitative estimate of drug-likeness (QED) is 0.675. The van der Waals surface area contributed by atoms with Crippen LogP contribution in [0.25, 0.3) is 10.9 Å². The molecule has 1 aliphatic heterocycles. The van der Waals surface area contributed by atoms with Crippen LogP contribution in [0, 0.1) is 16.0 Å². The Hall–Kier alpha value is -2.54. The first kappa shape index (κ1) is 16.8. The number of carboxylic acid groups (broad SMARTS) is 1. The number of fused-ring (bicyclic) bond motifs is 1. The fraction of sp³-hybridized carbons (Fsp3) is 0.375. The predicted octanol–water partition coefficient (Wildman–Crippen LogP) is 2.56. The maximum atomic E-state index is 10.6. The second-order valence-corrected chi connectivity index (χ2v) is 5.53. The SMILES string of the molecule is CN1CCC(C(=O)O)CC1.O=[N+]([O-])c1cccc2cccnc12. The molecule has 0 spiro atoms. The van der Waals surface area contributed by atoms with E-state index in [2.05, 4.69) is 9.88 Å². The number of aromatic nitrogens is 1. The summed E-state index contributed by atoms with van der Waals surface area (Å²) in [5.74, 6) is -0.718. The van der Waals surface area contributed by atoms with Crippen molar-refractivity contribution in [3.8, 4) is 0 Å². The summed E-state index contributed by atoms with van der Waals surface area (Å²) < 4.78 is 0. The van der Waals surface area contributed by atoms with Gasteiger partial charge in [0.2, 0.25) is 0 Å². The number of carboxylic acids is 1. The van der Waals surface area contributed by atoms with Gasteiger partial charge in [-0.05, 0) is 39.0 Å². The molecule has 7 nitrogen and oxygen atoms in total. The average molecular weight is 317 g/mol.